The average Bonchev–Trinajstić information content (AvgIpc) is 2.93. The molecule has 2 aromatic heterocycles. The molecule has 1 saturated heterocycles. The Hall–Kier alpha value is -2.90. The fraction of sp³-hybridized carbons (Fsp3) is 0.444. The molecular formula is C18H23N5O3. The van der Waals surface area contributed by atoms with E-state index in [0.29, 0.717) is 42.9 Å². The third kappa shape index (κ3) is 4.01. The van der Waals surface area contributed by atoms with Crippen LogP contribution in [0.2, 0.25) is 0 Å². The van der Waals surface area contributed by atoms with E-state index < -0.39 is 0 Å². The number of nitrogens with zero attached hydrogens (tertiary/aromatic N) is 5. The Morgan fingerprint density at radius 2 is 1.73 bits per heavy atom. The number of aromatic nitrogens is 3. The highest BCUT2D eigenvalue weighted by Crippen LogP contribution is 2.21. The lowest BCUT2D eigenvalue weighted by Crippen LogP contribution is -2.35. The number of hydrogen-bond acceptors (Lipinski definition) is 7. The first-order valence-electron chi connectivity index (χ1n) is 8.53. The molecule has 1 aliphatic heterocycles. The molecule has 0 spiro atoms. The second-order valence-corrected chi connectivity index (χ2v) is 6.14. The Balaban J connectivity index is 1.73. The van der Waals surface area contributed by atoms with Gasteiger partial charge in [-0.1, -0.05) is 0 Å². The molecule has 0 N–H and O–H groups in total. The van der Waals surface area contributed by atoms with Crippen LogP contribution in [-0.4, -0.2) is 66.2 Å². The first kappa shape index (κ1) is 17.9. The number of aryl methyl sites for hydroxylation is 1. The molecule has 8 nitrogen and oxygen atoms in total. The third-order valence-corrected chi connectivity index (χ3v) is 4.27. The summed E-state index contributed by atoms with van der Waals surface area (Å²) in [6.07, 6.45) is 4.19. The summed E-state index contributed by atoms with van der Waals surface area (Å²) in [6.45, 7) is 4.61. The number of anilines is 1. The van der Waals surface area contributed by atoms with E-state index in [9.17, 15) is 4.79 Å². The zero-order valence-electron chi connectivity index (χ0n) is 15.3. The van der Waals surface area contributed by atoms with Gasteiger partial charge in [-0.3, -0.25) is 9.78 Å². The van der Waals surface area contributed by atoms with Crippen molar-refractivity contribution in [3.63, 3.8) is 0 Å². The monoisotopic (exact) mass is 357 g/mol. The van der Waals surface area contributed by atoms with Gasteiger partial charge in [0.25, 0.3) is 5.91 Å². The van der Waals surface area contributed by atoms with Crippen LogP contribution in [0.1, 0.15) is 22.3 Å². The SMILES string of the molecule is COc1cc(OC)nc(N2CCCN(C(=O)c3cncc(C)c3)CC2)n1. The normalized spacial score (nSPS) is 14.7. The summed E-state index contributed by atoms with van der Waals surface area (Å²) < 4.78 is 10.4. The van der Waals surface area contributed by atoms with Gasteiger partial charge in [0.1, 0.15) is 0 Å². The van der Waals surface area contributed by atoms with Crippen molar-refractivity contribution in [1.82, 2.24) is 19.9 Å². The number of methoxy groups -OCH3 is 2. The van der Waals surface area contributed by atoms with Crippen molar-refractivity contribution in [2.24, 2.45) is 0 Å². The molecule has 138 valence electrons. The number of carbonyl (C=O) groups is 1. The molecule has 0 atom stereocenters. The van der Waals surface area contributed by atoms with Gasteiger partial charge in [-0.05, 0) is 25.0 Å². The van der Waals surface area contributed by atoms with Crippen molar-refractivity contribution in [3.8, 4) is 11.8 Å². The van der Waals surface area contributed by atoms with Crippen LogP contribution in [0.4, 0.5) is 5.95 Å². The van der Waals surface area contributed by atoms with E-state index >= 15 is 0 Å². The maximum atomic E-state index is 12.7. The Kier molecular flexibility index (Phi) is 5.50. The van der Waals surface area contributed by atoms with Gasteiger partial charge in [0.15, 0.2) is 0 Å². The summed E-state index contributed by atoms with van der Waals surface area (Å²) in [4.78, 5) is 29.6. The molecule has 1 fully saturated rings. The number of amides is 1. The predicted molar refractivity (Wildman–Crippen MR) is 96.8 cm³/mol. The van der Waals surface area contributed by atoms with Crippen molar-refractivity contribution in [3.05, 3.63) is 35.7 Å². The van der Waals surface area contributed by atoms with Crippen molar-refractivity contribution in [2.75, 3.05) is 45.3 Å². The van der Waals surface area contributed by atoms with Crippen molar-refractivity contribution < 1.29 is 14.3 Å². The maximum absolute atomic E-state index is 12.7. The second-order valence-electron chi connectivity index (χ2n) is 6.14. The van der Waals surface area contributed by atoms with Crippen LogP contribution >= 0.6 is 0 Å². The van der Waals surface area contributed by atoms with Crippen LogP contribution in [-0.2, 0) is 0 Å². The van der Waals surface area contributed by atoms with Crippen molar-refractivity contribution >= 4 is 11.9 Å². The number of hydrogen-bond donors (Lipinski definition) is 0. The van der Waals surface area contributed by atoms with Crippen LogP contribution in [0.15, 0.2) is 24.5 Å². The van der Waals surface area contributed by atoms with Gasteiger partial charge in [-0.2, -0.15) is 9.97 Å². The molecule has 0 aliphatic carbocycles. The lowest BCUT2D eigenvalue weighted by atomic mass is 10.2. The van der Waals surface area contributed by atoms with Crippen LogP contribution in [0.25, 0.3) is 0 Å². The average molecular weight is 357 g/mol. The van der Waals surface area contributed by atoms with Gasteiger partial charge in [-0.15, -0.1) is 0 Å². The molecule has 1 amide bonds. The summed E-state index contributed by atoms with van der Waals surface area (Å²) >= 11 is 0. The van der Waals surface area contributed by atoms with E-state index in [-0.39, 0.29) is 5.91 Å². The zero-order valence-corrected chi connectivity index (χ0v) is 15.3. The molecule has 0 bridgehead atoms. The molecular weight excluding hydrogens is 334 g/mol. The summed E-state index contributed by atoms with van der Waals surface area (Å²) in [6, 6.07) is 3.51. The summed E-state index contributed by atoms with van der Waals surface area (Å²) in [5, 5.41) is 0. The fourth-order valence-corrected chi connectivity index (χ4v) is 2.92. The van der Waals surface area contributed by atoms with Crippen LogP contribution in [0.3, 0.4) is 0 Å². The number of rotatable bonds is 4. The highest BCUT2D eigenvalue weighted by Gasteiger charge is 2.22. The van der Waals surface area contributed by atoms with Gasteiger partial charge in [0, 0.05) is 38.6 Å². The van der Waals surface area contributed by atoms with E-state index in [0.717, 1.165) is 18.5 Å². The Morgan fingerprint density at radius 3 is 2.38 bits per heavy atom. The minimum absolute atomic E-state index is 0.00666. The number of pyridine rings is 1. The van der Waals surface area contributed by atoms with E-state index in [1.807, 2.05) is 22.8 Å². The molecule has 3 rings (SSSR count). The number of ether oxygens (including phenoxy) is 2. The standard InChI is InChI=1S/C18H23N5O3/c1-13-9-14(12-19-11-13)17(24)22-5-4-6-23(8-7-22)18-20-15(25-2)10-16(21-18)26-3/h9-12H,4-8H2,1-3H3. The molecule has 26 heavy (non-hydrogen) atoms. The highest BCUT2D eigenvalue weighted by atomic mass is 16.5. The zero-order chi connectivity index (χ0) is 18.5. The molecule has 3 heterocycles. The Morgan fingerprint density at radius 1 is 1.00 bits per heavy atom. The minimum atomic E-state index is 0.00666. The smallest absolute Gasteiger partial charge is 0.255 e. The Labute approximate surface area is 152 Å². The van der Waals surface area contributed by atoms with E-state index in [1.54, 1.807) is 32.7 Å². The van der Waals surface area contributed by atoms with E-state index in [4.69, 9.17) is 9.47 Å². The second kappa shape index (κ2) is 7.99. The molecule has 0 unspecified atom stereocenters. The minimum Gasteiger partial charge on any atom is -0.481 e. The summed E-state index contributed by atoms with van der Waals surface area (Å²) in [7, 11) is 3.12. The molecule has 0 radical (unpaired) electrons. The van der Waals surface area contributed by atoms with Gasteiger partial charge in [-0.25, -0.2) is 0 Å². The van der Waals surface area contributed by atoms with Crippen molar-refractivity contribution in [2.45, 2.75) is 13.3 Å². The lowest BCUT2D eigenvalue weighted by molar-refractivity contribution is 0.0766. The lowest BCUT2D eigenvalue weighted by Gasteiger charge is -2.22. The predicted octanol–water partition coefficient (Wildman–Crippen LogP) is 1.55. The highest BCUT2D eigenvalue weighted by molar-refractivity contribution is 5.94. The topological polar surface area (TPSA) is 80.7 Å². The van der Waals surface area contributed by atoms with Gasteiger partial charge >= 0.3 is 0 Å². The summed E-state index contributed by atoms with van der Waals surface area (Å²) in [5.41, 5.74) is 1.60. The number of carbonyl (C=O) groups excluding carboxylic acids is 1. The van der Waals surface area contributed by atoms with Crippen LogP contribution in [0.5, 0.6) is 11.8 Å². The van der Waals surface area contributed by atoms with Crippen LogP contribution in [0, 0.1) is 6.92 Å². The largest absolute Gasteiger partial charge is 0.481 e. The van der Waals surface area contributed by atoms with E-state index in [1.165, 1.54) is 0 Å². The van der Waals surface area contributed by atoms with E-state index in [2.05, 4.69) is 15.0 Å². The molecule has 0 saturated carbocycles. The first-order chi connectivity index (χ1) is 12.6. The third-order valence-electron chi connectivity index (χ3n) is 4.27. The van der Waals surface area contributed by atoms with Gasteiger partial charge in [0.05, 0.1) is 25.8 Å². The molecule has 1 aliphatic rings. The maximum Gasteiger partial charge on any atom is 0.255 e. The fourth-order valence-electron chi connectivity index (χ4n) is 2.92. The molecule has 8 heteroatoms. The van der Waals surface area contributed by atoms with Gasteiger partial charge in [0.2, 0.25) is 17.7 Å². The van der Waals surface area contributed by atoms with Crippen LogP contribution < -0.4 is 14.4 Å². The van der Waals surface area contributed by atoms with Crippen molar-refractivity contribution in [1.29, 1.82) is 0 Å². The first-order valence-corrected chi connectivity index (χ1v) is 8.53. The quantitative estimate of drug-likeness (QED) is 0.821. The van der Waals surface area contributed by atoms with Gasteiger partial charge < -0.3 is 19.3 Å². The molecule has 2 aromatic rings. The molecule has 0 aromatic carbocycles. The Bertz CT molecular complexity index is 761. The summed E-state index contributed by atoms with van der Waals surface area (Å²) in [5.74, 6) is 1.46.